The van der Waals surface area contributed by atoms with E-state index in [2.05, 4.69) is 14.4 Å². The van der Waals surface area contributed by atoms with Crippen molar-refractivity contribution in [3.05, 3.63) is 66.4 Å². The number of sulfonamides is 2. The molecular weight excluding hydrogens is 478 g/mol. The summed E-state index contributed by atoms with van der Waals surface area (Å²) in [5.41, 5.74) is 1.29. The summed E-state index contributed by atoms with van der Waals surface area (Å²) in [7, 11) is -6.53. The smallest absolute Gasteiger partial charge is 0.323 e. The first kappa shape index (κ1) is 25.8. The fourth-order valence-corrected chi connectivity index (χ4v) is 5.86. The summed E-state index contributed by atoms with van der Waals surface area (Å²) in [6.45, 7) is 1.95. The number of para-hydroxylation sites is 1. The molecular formula is C23H27N3O6S2. The van der Waals surface area contributed by atoms with Gasteiger partial charge in [-0.15, -0.1) is 0 Å². The predicted molar refractivity (Wildman–Crippen MR) is 128 cm³/mol. The minimum atomic E-state index is -3.92. The quantitative estimate of drug-likeness (QED) is 0.302. The number of fused-ring (bicyclic) bond motifs is 1. The van der Waals surface area contributed by atoms with E-state index < -0.39 is 32.1 Å². The fourth-order valence-electron chi connectivity index (χ4n) is 3.39. The Balaban J connectivity index is 1.58. The van der Waals surface area contributed by atoms with Gasteiger partial charge in [0, 0.05) is 18.1 Å². The number of hydrogen-bond donors (Lipinski definition) is 2. The SMILES string of the molecule is COC(=O)C(CCCCNS(=O)(=O)c1cccc2cccnc12)NS(=O)(=O)c1ccc(C)cc1. The van der Waals surface area contributed by atoms with E-state index in [-0.39, 0.29) is 22.8 Å². The first-order chi connectivity index (χ1) is 16.1. The molecule has 2 N–H and O–H groups in total. The maximum atomic E-state index is 12.7. The van der Waals surface area contributed by atoms with Crippen molar-refractivity contribution in [2.24, 2.45) is 0 Å². The van der Waals surface area contributed by atoms with Crippen molar-refractivity contribution >= 4 is 36.9 Å². The van der Waals surface area contributed by atoms with Crippen molar-refractivity contribution in [2.75, 3.05) is 13.7 Å². The Morgan fingerprint density at radius 1 is 0.971 bits per heavy atom. The number of hydrogen-bond acceptors (Lipinski definition) is 7. The largest absolute Gasteiger partial charge is 0.468 e. The molecule has 1 atom stereocenters. The second-order valence-corrected chi connectivity index (χ2v) is 11.2. The molecule has 3 aromatic rings. The molecule has 0 saturated carbocycles. The van der Waals surface area contributed by atoms with E-state index in [1.165, 1.54) is 31.5 Å². The van der Waals surface area contributed by atoms with Gasteiger partial charge in [-0.05, 0) is 50.5 Å². The average molecular weight is 506 g/mol. The number of unbranched alkanes of at least 4 members (excludes halogenated alkanes) is 1. The number of pyridine rings is 1. The van der Waals surface area contributed by atoms with Crippen molar-refractivity contribution in [1.29, 1.82) is 0 Å². The van der Waals surface area contributed by atoms with Crippen LogP contribution in [0.25, 0.3) is 10.9 Å². The summed E-state index contributed by atoms with van der Waals surface area (Å²) >= 11 is 0. The molecule has 0 aliphatic heterocycles. The van der Waals surface area contributed by atoms with Crippen LogP contribution in [-0.2, 0) is 29.6 Å². The van der Waals surface area contributed by atoms with Crippen molar-refractivity contribution in [3.8, 4) is 0 Å². The summed E-state index contributed by atoms with van der Waals surface area (Å²) in [4.78, 5) is 16.4. The van der Waals surface area contributed by atoms with Crippen LogP contribution in [-0.4, -0.2) is 47.5 Å². The van der Waals surface area contributed by atoms with Gasteiger partial charge < -0.3 is 4.74 Å². The second kappa shape index (κ2) is 11.0. The van der Waals surface area contributed by atoms with E-state index in [9.17, 15) is 21.6 Å². The molecule has 182 valence electrons. The molecule has 0 radical (unpaired) electrons. The van der Waals surface area contributed by atoms with E-state index >= 15 is 0 Å². The maximum absolute atomic E-state index is 12.7. The molecule has 0 aliphatic carbocycles. The topological polar surface area (TPSA) is 132 Å². The van der Waals surface area contributed by atoms with Crippen LogP contribution in [0.3, 0.4) is 0 Å². The zero-order valence-corrected chi connectivity index (χ0v) is 20.5. The number of aromatic nitrogens is 1. The molecule has 1 aromatic heterocycles. The lowest BCUT2D eigenvalue weighted by molar-refractivity contribution is -0.142. The number of esters is 1. The Morgan fingerprint density at radius 3 is 2.38 bits per heavy atom. The van der Waals surface area contributed by atoms with E-state index in [0.717, 1.165) is 5.56 Å². The van der Waals surface area contributed by atoms with E-state index in [0.29, 0.717) is 23.7 Å². The van der Waals surface area contributed by atoms with Crippen molar-refractivity contribution in [1.82, 2.24) is 14.4 Å². The minimum absolute atomic E-state index is 0.0449. The van der Waals surface area contributed by atoms with Gasteiger partial charge in [-0.2, -0.15) is 4.72 Å². The van der Waals surface area contributed by atoms with Crippen LogP contribution in [0.15, 0.2) is 70.6 Å². The van der Waals surface area contributed by atoms with E-state index in [1.54, 1.807) is 36.4 Å². The highest BCUT2D eigenvalue weighted by molar-refractivity contribution is 7.90. The molecule has 0 amide bonds. The van der Waals surface area contributed by atoms with Gasteiger partial charge >= 0.3 is 5.97 Å². The lowest BCUT2D eigenvalue weighted by Crippen LogP contribution is -2.41. The molecule has 1 heterocycles. The monoisotopic (exact) mass is 505 g/mol. The molecule has 0 bridgehead atoms. The normalized spacial score (nSPS) is 13.0. The fraction of sp³-hybridized carbons (Fsp3) is 0.304. The number of carbonyl (C=O) groups excluding carboxylic acids is 1. The highest BCUT2D eigenvalue weighted by atomic mass is 32.2. The Bertz CT molecular complexity index is 1350. The van der Waals surface area contributed by atoms with Gasteiger partial charge in [-0.25, -0.2) is 21.6 Å². The number of ether oxygens (including phenoxy) is 1. The molecule has 11 heteroatoms. The number of methoxy groups -OCH3 is 1. The predicted octanol–water partition coefficient (Wildman–Crippen LogP) is 2.51. The van der Waals surface area contributed by atoms with Gasteiger partial charge in [-0.3, -0.25) is 9.78 Å². The van der Waals surface area contributed by atoms with Crippen molar-refractivity contribution in [3.63, 3.8) is 0 Å². The van der Waals surface area contributed by atoms with E-state index in [1.807, 2.05) is 6.92 Å². The number of benzene rings is 2. The van der Waals surface area contributed by atoms with Gasteiger partial charge in [0.2, 0.25) is 20.0 Å². The standard InChI is InChI=1S/C23H27N3O6S2/c1-17-11-13-19(14-12-17)33(28,29)26-20(23(27)32-2)9-3-4-16-25-34(30,31)21-10-5-7-18-8-6-15-24-22(18)21/h5-8,10-15,20,25-26H,3-4,9,16H2,1-2H3. The van der Waals surface area contributed by atoms with Gasteiger partial charge in [0.15, 0.2) is 0 Å². The number of nitrogens with one attached hydrogen (secondary N) is 2. The molecule has 3 rings (SSSR count). The molecule has 0 saturated heterocycles. The minimum Gasteiger partial charge on any atom is -0.468 e. The third kappa shape index (κ3) is 6.38. The Kier molecular flexibility index (Phi) is 8.37. The average Bonchev–Trinajstić information content (AvgIpc) is 2.82. The second-order valence-electron chi connectivity index (χ2n) is 7.73. The van der Waals surface area contributed by atoms with E-state index in [4.69, 9.17) is 4.74 Å². The van der Waals surface area contributed by atoms with Crippen LogP contribution in [0, 0.1) is 6.92 Å². The summed E-state index contributed by atoms with van der Waals surface area (Å²) in [6.07, 6.45) is 2.45. The zero-order valence-electron chi connectivity index (χ0n) is 18.9. The van der Waals surface area contributed by atoms with Crippen LogP contribution in [0.1, 0.15) is 24.8 Å². The summed E-state index contributed by atoms with van der Waals surface area (Å²) < 4.78 is 60.4. The highest BCUT2D eigenvalue weighted by Gasteiger charge is 2.26. The Morgan fingerprint density at radius 2 is 1.68 bits per heavy atom. The van der Waals surface area contributed by atoms with Crippen LogP contribution in [0.2, 0.25) is 0 Å². The first-order valence-corrected chi connectivity index (χ1v) is 13.6. The van der Waals surface area contributed by atoms with Crippen molar-refractivity contribution in [2.45, 2.75) is 42.0 Å². The Labute approximate surface area is 199 Å². The van der Waals surface area contributed by atoms with Gasteiger partial charge in [0.25, 0.3) is 0 Å². The van der Waals surface area contributed by atoms with Crippen LogP contribution in [0.5, 0.6) is 0 Å². The third-order valence-electron chi connectivity index (χ3n) is 5.21. The Hall–Kier alpha value is -2.86. The molecule has 0 fully saturated rings. The van der Waals surface area contributed by atoms with Crippen LogP contribution < -0.4 is 9.44 Å². The van der Waals surface area contributed by atoms with Crippen LogP contribution in [0.4, 0.5) is 0 Å². The highest BCUT2D eigenvalue weighted by Crippen LogP contribution is 2.20. The van der Waals surface area contributed by atoms with Gasteiger partial charge in [0.05, 0.1) is 17.5 Å². The number of rotatable bonds is 11. The lowest BCUT2D eigenvalue weighted by atomic mass is 10.1. The van der Waals surface area contributed by atoms with Gasteiger partial charge in [0.1, 0.15) is 10.9 Å². The molecule has 2 aromatic carbocycles. The first-order valence-electron chi connectivity index (χ1n) is 10.6. The summed E-state index contributed by atoms with van der Waals surface area (Å²) in [5, 5.41) is 0.715. The number of aryl methyl sites for hydroxylation is 1. The summed E-state index contributed by atoms with van der Waals surface area (Å²) in [6, 6.07) is 13.6. The molecule has 34 heavy (non-hydrogen) atoms. The lowest BCUT2D eigenvalue weighted by Gasteiger charge is -2.17. The van der Waals surface area contributed by atoms with Crippen molar-refractivity contribution < 1.29 is 26.4 Å². The third-order valence-corrected chi connectivity index (χ3v) is 8.19. The molecule has 9 nitrogen and oxygen atoms in total. The number of carbonyl (C=O) groups is 1. The summed E-state index contributed by atoms with van der Waals surface area (Å²) in [5.74, 6) is -0.710. The molecule has 0 aliphatic rings. The van der Waals surface area contributed by atoms with Gasteiger partial charge in [-0.1, -0.05) is 35.9 Å². The maximum Gasteiger partial charge on any atom is 0.323 e. The zero-order chi connectivity index (χ0) is 24.8. The number of nitrogens with zero attached hydrogens (tertiary/aromatic N) is 1. The molecule has 0 spiro atoms. The molecule has 1 unspecified atom stereocenters. The van der Waals surface area contributed by atoms with Crippen LogP contribution >= 0.6 is 0 Å².